The van der Waals surface area contributed by atoms with Gasteiger partial charge in [0, 0.05) is 0 Å². The van der Waals surface area contributed by atoms with Crippen LogP contribution >= 0.6 is 22.6 Å². The third-order valence-corrected chi connectivity index (χ3v) is 4.00. The molecule has 7 heteroatoms. The highest BCUT2D eigenvalue weighted by molar-refractivity contribution is 14.1. The lowest BCUT2D eigenvalue weighted by Gasteiger charge is -2.03. The van der Waals surface area contributed by atoms with Crippen LogP contribution in [0.1, 0.15) is 0 Å². The zero-order valence-electron chi connectivity index (χ0n) is 7.84. The van der Waals surface area contributed by atoms with Gasteiger partial charge >= 0.3 is 0 Å². The van der Waals surface area contributed by atoms with Gasteiger partial charge in [-0.15, -0.1) is 0 Å². The average molecular weight is 352 g/mol. The molecule has 0 aliphatic rings. The number of halogens is 2. The molecule has 0 saturated carbocycles. The van der Waals surface area contributed by atoms with Crippen molar-refractivity contribution in [2.24, 2.45) is 0 Å². The molecule has 1 aromatic heterocycles. The molecule has 4 nitrogen and oxygen atoms in total. The molecular weight excluding hydrogens is 346 g/mol. The van der Waals surface area contributed by atoms with Crippen molar-refractivity contribution in [1.82, 2.24) is 9.19 Å². The molecule has 0 unspecified atom stereocenters. The van der Waals surface area contributed by atoms with Crippen molar-refractivity contribution in [2.45, 2.75) is 4.90 Å². The van der Waals surface area contributed by atoms with E-state index in [9.17, 15) is 12.8 Å². The van der Waals surface area contributed by atoms with Crippen LogP contribution < -0.4 is 0 Å². The lowest BCUT2D eigenvalue weighted by molar-refractivity contribution is 0.579. The standard InChI is InChI=1S/C9H6FIN2O2S/c10-7-1-3-9(4-2-7)16(14,15)13-6-8(11)5-12-13/h1-6H. The maximum Gasteiger partial charge on any atom is 0.282 e. The lowest BCUT2D eigenvalue weighted by atomic mass is 10.4. The third kappa shape index (κ3) is 2.09. The minimum atomic E-state index is -3.70. The lowest BCUT2D eigenvalue weighted by Crippen LogP contribution is -2.13. The molecule has 2 rings (SSSR count). The first kappa shape index (κ1) is 11.5. The Morgan fingerprint density at radius 2 is 1.88 bits per heavy atom. The van der Waals surface area contributed by atoms with Crippen molar-refractivity contribution in [3.63, 3.8) is 0 Å². The van der Waals surface area contributed by atoms with E-state index in [1.54, 1.807) is 0 Å². The highest BCUT2D eigenvalue weighted by Crippen LogP contribution is 2.14. The van der Waals surface area contributed by atoms with Crippen LogP contribution in [-0.4, -0.2) is 17.6 Å². The Kier molecular flexibility index (Phi) is 2.98. The number of rotatable bonds is 2. The molecular formula is C9H6FIN2O2S. The molecule has 1 aromatic carbocycles. The van der Waals surface area contributed by atoms with E-state index in [4.69, 9.17) is 0 Å². The Labute approximate surface area is 105 Å². The van der Waals surface area contributed by atoms with Crippen molar-refractivity contribution < 1.29 is 12.8 Å². The number of nitrogens with zero attached hydrogens (tertiary/aromatic N) is 2. The first-order valence-corrected chi connectivity index (χ1v) is 6.73. The monoisotopic (exact) mass is 352 g/mol. The fraction of sp³-hybridized carbons (Fsp3) is 0. The maximum atomic E-state index is 12.7. The first-order valence-electron chi connectivity index (χ1n) is 4.21. The van der Waals surface area contributed by atoms with Crippen LogP contribution in [-0.2, 0) is 10.0 Å². The van der Waals surface area contributed by atoms with E-state index >= 15 is 0 Å². The predicted molar refractivity (Wildman–Crippen MR) is 63.9 cm³/mol. The van der Waals surface area contributed by atoms with Crippen LogP contribution in [0.4, 0.5) is 4.39 Å². The van der Waals surface area contributed by atoms with E-state index in [1.807, 2.05) is 22.6 Å². The van der Waals surface area contributed by atoms with Gasteiger partial charge < -0.3 is 0 Å². The molecule has 1 heterocycles. The van der Waals surface area contributed by atoms with Crippen molar-refractivity contribution in [3.05, 3.63) is 46.0 Å². The van der Waals surface area contributed by atoms with Crippen LogP contribution in [0, 0.1) is 9.39 Å². The second kappa shape index (κ2) is 4.13. The summed E-state index contributed by atoms with van der Waals surface area (Å²) in [5, 5.41) is 3.71. The molecule has 2 aromatic rings. The SMILES string of the molecule is O=S(=O)(c1ccc(F)cc1)n1cc(I)cn1. The van der Waals surface area contributed by atoms with Gasteiger partial charge in [0.15, 0.2) is 0 Å². The normalized spacial score (nSPS) is 11.6. The van der Waals surface area contributed by atoms with Gasteiger partial charge in [0.2, 0.25) is 0 Å². The van der Waals surface area contributed by atoms with Crippen molar-refractivity contribution in [2.75, 3.05) is 0 Å². The minimum Gasteiger partial charge on any atom is -0.207 e. The molecule has 0 spiro atoms. The summed E-state index contributed by atoms with van der Waals surface area (Å²) in [6.07, 6.45) is 2.82. The third-order valence-electron chi connectivity index (χ3n) is 1.89. The molecule has 0 bridgehead atoms. The Bertz CT molecular complexity index is 607. The number of aromatic nitrogens is 2. The van der Waals surface area contributed by atoms with E-state index in [0.717, 1.165) is 16.2 Å². The molecule has 0 fully saturated rings. The van der Waals surface area contributed by atoms with Gasteiger partial charge in [0.25, 0.3) is 10.0 Å². The molecule has 0 amide bonds. The Hall–Kier alpha value is -0.960. The van der Waals surface area contributed by atoms with Crippen LogP contribution in [0.5, 0.6) is 0 Å². The maximum absolute atomic E-state index is 12.7. The van der Waals surface area contributed by atoms with Gasteiger partial charge in [-0.05, 0) is 46.9 Å². The zero-order valence-corrected chi connectivity index (χ0v) is 10.8. The molecule has 0 N–H and O–H groups in total. The van der Waals surface area contributed by atoms with E-state index in [1.165, 1.54) is 24.5 Å². The molecule has 16 heavy (non-hydrogen) atoms. The minimum absolute atomic E-state index is 0.00778. The predicted octanol–water partition coefficient (Wildman–Crippen LogP) is 1.86. The van der Waals surface area contributed by atoms with E-state index in [-0.39, 0.29) is 4.90 Å². The summed E-state index contributed by atoms with van der Waals surface area (Å²) in [6, 6.07) is 4.61. The second-order valence-corrected chi connectivity index (χ2v) is 6.03. The number of benzene rings is 1. The smallest absolute Gasteiger partial charge is 0.207 e. The van der Waals surface area contributed by atoms with Gasteiger partial charge in [0.05, 0.1) is 20.9 Å². The zero-order chi connectivity index (χ0) is 11.8. The molecule has 0 radical (unpaired) electrons. The van der Waals surface area contributed by atoms with E-state index in [0.29, 0.717) is 3.57 Å². The number of hydrogen-bond donors (Lipinski definition) is 0. The number of hydrogen-bond acceptors (Lipinski definition) is 3. The summed E-state index contributed by atoms with van der Waals surface area (Å²) in [6.45, 7) is 0. The summed E-state index contributed by atoms with van der Waals surface area (Å²) in [5.74, 6) is -0.478. The van der Waals surface area contributed by atoms with E-state index < -0.39 is 15.8 Å². The summed E-state index contributed by atoms with van der Waals surface area (Å²) in [5.41, 5.74) is 0. The molecule has 0 aliphatic heterocycles. The van der Waals surface area contributed by atoms with Gasteiger partial charge in [-0.2, -0.15) is 17.6 Å². The van der Waals surface area contributed by atoms with Gasteiger partial charge in [0.1, 0.15) is 5.82 Å². The summed E-state index contributed by atoms with van der Waals surface area (Å²) >= 11 is 1.96. The summed E-state index contributed by atoms with van der Waals surface area (Å²) in [7, 11) is -3.70. The van der Waals surface area contributed by atoms with Gasteiger partial charge in [-0.3, -0.25) is 0 Å². The van der Waals surface area contributed by atoms with Crippen molar-refractivity contribution in [3.8, 4) is 0 Å². The fourth-order valence-corrected chi connectivity index (χ4v) is 2.83. The first-order chi connectivity index (χ1) is 7.50. The summed E-state index contributed by atoms with van der Waals surface area (Å²) < 4.78 is 38.1. The highest BCUT2D eigenvalue weighted by Gasteiger charge is 2.17. The average Bonchev–Trinajstić information content (AvgIpc) is 2.66. The van der Waals surface area contributed by atoms with Gasteiger partial charge in [-0.25, -0.2) is 4.39 Å². The largest absolute Gasteiger partial charge is 0.282 e. The molecule has 0 aliphatic carbocycles. The molecule has 0 saturated heterocycles. The van der Waals surface area contributed by atoms with Crippen LogP contribution in [0.3, 0.4) is 0 Å². The Balaban J connectivity index is 2.51. The molecule has 84 valence electrons. The quantitative estimate of drug-likeness (QED) is 0.776. The summed E-state index contributed by atoms with van der Waals surface area (Å²) in [4.78, 5) is 0.00778. The Morgan fingerprint density at radius 1 is 1.25 bits per heavy atom. The second-order valence-electron chi connectivity index (χ2n) is 2.99. The highest BCUT2D eigenvalue weighted by atomic mass is 127. The van der Waals surface area contributed by atoms with Crippen LogP contribution in [0.25, 0.3) is 0 Å². The van der Waals surface area contributed by atoms with Gasteiger partial charge in [-0.1, -0.05) is 0 Å². The van der Waals surface area contributed by atoms with Crippen LogP contribution in [0.2, 0.25) is 0 Å². The van der Waals surface area contributed by atoms with Crippen LogP contribution in [0.15, 0.2) is 41.6 Å². The topological polar surface area (TPSA) is 52.0 Å². The fourth-order valence-electron chi connectivity index (χ4n) is 1.13. The molecule has 0 atom stereocenters. The van der Waals surface area contributed by atoms with Crippen molar-refractivity contribution >= 4 is 32.6 Å². The Morgan fingerprint density at radius 3 is 2.38 bits per heavy atom. The van der Waals surface area contributed by atoms with Crippen molar-refractivity contribution in [1.29, 1.82) is 0 Å². The van der Waals surface area contributed by atoms with E-state index in [2.05, 4.69) is 5.10 Å².